The summed E-state index contributed by atoms with van der Waals surface area (Å²) in [4.78, 5) is 4.46. The maximum absolute atomic E-state index is 4.46. The van der Waals surface area contributed by atoms with Crippen LogP contribution in [0.3, 0.4) is 0 Å². The van der Waals surface area contributed by atoms with Gasteiger partial charge in [-0.25, -0.2) is 4.98 Å². The number of hydrogen-bond donors (Lipinski definition) is 2. The fraction of sp³-hybridized carbons (Fsp3) is 0.727. The zero-order valence-electron chi connectivity index (χ0n) is 9.25. The molecule has 0 spiro atoms. The summed E-state index contributed by atoms with van der Waals surface area (Å²) >= 11 is 1.75. The molecule has 1 atom stereocenters. The highest BCUT2D eigenvalue weighted by molar-refractivity contribution is 7.09. The van der Waals surface area contributed by atoms with Gasteiger partial charge in [-0.1, -0.05) is 0 Å². The van der Waals surface area contributed by atoms with Crippen molar-refractivity contribution in [1.29, 1.82) is 0 Å². The van der Waals surface area contributed by atoms with E-state index in [1.165, 1.54) is 30.8 Å². The molecule has 15 heavy (non-hydrogen) atoms. The van der Waals surface area contributed by atoms with E-state index in [0.29, 0.717) is 6.04 Å². The van der Waals surface area contributed by atoms with Gasteiger partial charge in [-0.05, 0) is 39.3 Å². The summed E-state index contributed by atoms with van der Waals surface area (Å²) in [7, 11) is 0. The quantitative estimate of drug-likeness (QED) is 0.822. The Labute approximate surface area is 95.3 Å². The van der Waals surface area contributed by atoms with Gasteiger partial charge in [0.2, 0.25) is 0 Å². The molecule has 1 saturated heterocycles. The highest BCUT2D eigenvalue weighted by Crippen LogP contribution is 2.10. The molecule has 1 aromatic rings. The molecule has 0 saturated carbocycles. The lowest BCUT2D eigenvalue weighted by Crippen LogP contribution is -2.29. The van der Waals surface area contributed by atoms with E-state index in [1.54, 1.807) is 11.3 Å². The van der Waals surface area contributed by atoms with E-state index in [9.17, 15) is 0 Å². The fourth-order valence-corrected chi connectivity index (χ4v) is 2.66. The van der Waals surface area contributed by atoms with Crippen molar-refractivity contribution in [2.45, 2.75) is 38.8 Å². The van der Waals surface area contributed by atoms with Gasteiger partial charge in [0.15, 0.2) is 0 Å². The van der Waals surface area contributed by atoms with Crippen molar-refractivity contribution in [3.8, 4) is 0 Å². The number of nitrogens with zero attached hydrogens (tertiary/aromatic N) is 1. The van der Waals surface area contributed by atoms with Crippen molar-refractivity contribution < 1.29 is 0 Å². The third-order valence-corrected chi connectivity index (χ3v) is 3.75. The maximum atomic E-state index is 4.46. The summed E-state index contributed by atoms with van der Waals surface area (Å²) in [5, 5.41) is 10.4. The topological polar surface area (TPSA) is 37.0 Å². The molecule has 2 N–H and O–H groups in total. The smallest absolute Gasteiger partial charge is 0.107 e. The number of rotatable bonds is 3. The molecule has 0 aliphatic carbocycles. The van der Waals surface area contributed by atoms with E-state index in [1.807, 2.05) is 0 Å². The molecular formula is C11H19N3S. The summed E-state index contributed by atoms with van der Waals surface area (Å²) in [5.74, 6) is 0. The predicted molar refractivity (Wildman–Crippen MR) is 64.2 cm³/mol. The van der Waals surface area contributed by atoms with Gasteiger partial charge in [0, 0.05) is 23.7 Å². The van der Waals surface area contributed by atoms with Crippen molar-refractivity contribution in [2.24, 2.45) is 0 Å². The Balaban J connectivity index is 1.76. The molecule has 3 nitrogen and oxygen atoms in total. The Morgan fingerprint density at radius 2 is 2.47 bits per heavy atom. The van der Waals surface area contributed by atoms with Crippen molar-refractivity contribution >= 4 is 11.3 Å². The maximum Gasteiger partial charge on any atom is 0.107 e. The Morgan fingerprint density at radius 3 is 3.27 bits per heavy atom. The van der Waals surface area contributed by atoms with Crippen LogP contribution in [0.5, 0.6) is 0 Å². The van der Waals surface area contributed by atoms with Crippen LogP contribution >= 0.6 is 11.3 Å². The predicted octanol–water partition coefficient (Wildman–Crippen LogP) is 1.68. The van der Waals surface area contributed by atoms with Gasteiger partial charge in [-0.2, -0.15) is 0 Å². The van der Waals surface area contributed by atoms with E-state index in [4.69, 9.17) is 0 Å². The number of thiazole rings is 1. The first-order valence-corrected chi connectivity index (χ1v) is 6.57. The summed E-state index contributed by atoms with van der Waals surface area (Å²) in [6, 6.07) is 0.671. The zero-order chi connectivity index (χ0) is 10.5. The third kappa shape index (κ3) is 3.55. The molecule has 1 aliphatic heterocycles. The minimum absolute atomic E-state index is 0.671. The molecule has 1 aliphatic rings. The lowest BCUT2D eigenvalue weighted by atomic mass is 10.1. The van der Waals surface area contributed by atoms with Gasteiger partial charge in [-0.15, -0.1) is 11.3 Å². The van der Waals surface area contributed by atoms with Crippen LogP contribution < -0.4 is 10.6 Å². The van der Waals surface area contributed by atoms with Crippen LogP contribution in [-0.2, 0) is 6.54 Å². The van der Waals surface area contributed by atoms with E-state index in [-0.39, 0.29) is 0 Å². The van der Waals surface area contributed by atoms with Crippen molar-refractivity contribution in [2.75, 3.05) is 13.1 Å². The molecule has 2 heterocycles. The van der Waals surface area contributed by atoms with Gasteiger partial charge in [0.05, 0.1) is 0 Å². The molecule has 84 valence electrons. The Hall–Kier alpha value is -0.450. The second-order valence-electron chi connectivity index (χ2n) is 4.14. The average Bonchev–Trinajstić information content (AvgIpc) is 2.52. The SMILES string of the molecule is Cc1csc(CNC2CCCNCC2)n1. The largest absolute Gasteiger partial charge is 0.317 e. The summed E-state index contributed by atoms with van der Waals surface area (Å²) < 4.78 is 0. The highest BCUT2D eigenvalue weighted by atomic mass is 32.1. The lowest BCUT2D eigenvalue weighted by molar-refractivity contribution is 0.468. The van der Waals surface area contributed by atoms with Gasteiger partial charge in [0.25, 0.3) is 0 Å². The number of hydrogen-bond acceptors (Lipinski definition) is 4. The first-order chi connectivity index (χ1) is 7.34. The Kier molecular flexibility index (Phi) is 4.11. The minimum atomic E-state index is 0.671. The van der Waals surface area contributed by atoms with Gasteiger partial charge >= 0.3 is 0 Å². The first kappa shape index (κ1) is 11.0. The Morgan fingerprint density at radius 1 is 1.53 bits per heavy atom. The number of aryl methyl sites for hydroxylation is 1. The monoisotopic (exact) mass is 225 g/mol. The van der Waals surface area contributed by atoms with E-state index in [2.05, 4.69) is 27.9 Å². The van der Waals surface area contributed by atoms with Gasteiger partial charge in [0.1, 0.15) is 5.01 Å². The van der Waals surface area contributed by atoms with E-state index < -0.39 is 0 Å². The molecule has 0 radical (unpaired) electrons. The van der Waals surface area contributed by atoms with Crippen molar-refractivity contribution in [1.82, 2.24) is 15.6 Å². The molecule has 0 amide bonds. The van der Waals surface area contributed by atoms with Crippen LogP contribution in [0.2, 0.25) is 0 Å². The van der Waals surface area contributed by atoms with Crippen LogP contribution in [0.25, 0.3) is 0 Å². The molecule has 0 aromatic carbocycles. The van der Waals surface area contributed by atoms with E-state index in [0.717, 1.165) is 18.8 Å². The lowest BCUT2D eigenvalue weighted by Gasteiger charge is -2.14. The first-order valence-electron chi connectivity index (χ1n) is 5.70. The van der Waals surface area contributed by atoms with Crippen LogP contribution in [0, 0.1) is 6.92 Å². The Bertz CT molecular complexity index is 290. The fourth-order valence-electron chi connectivity index (χ4n) is 1.94. The van der Waals surface area contributed by atoms with E-state index >= 15 is 0 Å². The second-order valence-corrected chi connectivity index (χ2v) is 5.08. The highest BCUT2D eigenvalue weighted by Gasteiger charge is 2.11. The molecule has 0 bridgehead atoms. The van der Waals surface area contributed by atoms with Crippen LogP contribution in [0.4, 0.5) is 0 Å². The van der Waals surface area contributed by atoms with Crippen molar-refractivity contribution in [3.05, 3.63) is 16.1 Å². The number of nitrogens with one attached hydrogen (secondary N) is 2. The molecule has 1 aromatic heterocycles. The van der Waals surface area contributed by atoms with Crippen LogP contribution in [-0.4, -0.2) is 24.1 Å². The van der Waals surface area contributed by atoms with Crippen LogP contribution in [0.15, 0.2) is 5.38 Å². The standard InChI is InChI=1S/C11H19N3S/c1-9-8-15-11(14-9)7-13-10-3-2-5-12-6-4-10/h8,10,12-13H,2-7H2,1H3. The molecule has 2 rings (SSSR count). The number of aromatic nitrogens is 1. The average molecular weight is 225 g/mol. The van der Waals surface area contributed by atoms with Gasteiger partial charge < -0.3 is 10.6 Å². The zero-order valence-corrected chi connectivity index (χ0v) is 10.1. The summed E-state index contributed by atoms with van der Waals surface area (Å²) in [5.41, 5.74) is 1.14. The van der Waals surface area contributed by atoms with Crippen LogP contribution in [0.1, 0.15) is 30.0 Å². The summed E-state index contributed by atoms with van der Waals surface area (Å²) in [6.07, 6.45) is 3.82. The second kappa shape index (κ2) is 5.58. The molecule has 1 unspecified atom stereocenters. The minimum Gasteiger partial charge on any atom is -0.317 e. The van der Waals surface area contributed by atoms with Crippen molar-refractivity contribution in [3.63, 3.8) is 0 Å². The van der Waals surface area contributed by atoms with Gasteiger partial charge in [-0.3, -0.25) is 0 Å². The molecule has 4 heteroatoms. The molecule has 1 fully saturated rings. The normalized spacial score (nSPS) is 22.6. The third-order valence-electron chi connectivity index (χ3n) is 2.78. The molecular weight excluding hydrogens is 206 g/mol. The summed E-state index contributed by atoms with van der Waals surface area (Å²) in [6.45, 7) is 5.31.